The lowest BCUT2D eigenvalue weighted by atomic mass is 9.83. The van der Waals surface area contributed by atoms with E-state index in [2.05, 4.69) is 16.3 Å². The maximum absolute atomic E-state index is 9.82. The van der Waals surface area contributed by atoms with Crippen LogP contribution < -0.4 is 19.9 Å². The van der Waals surface area contributed by atoms with Crippen molar-refractivity contribution in [1.82, 2.24) is 10.2 Å². The van der Waals surface area contributed by atoms with Crippen LogP contribution in [0.25, 0.3) is 11.3 Å². The number of methoxy groups -OCH3 is 2. The molecule has 4 rings (SSSR count). The van der Waals surface area contributed by atoms with Gasteiger partial charge in [0.25, 0.3) is 0 Å². The number of rotatable bonds is 4. The van der Waals surface area contributed by atoms with E-state index in [4.69, 9.17) is 43.1 Å². The molecule has 1 aliphatic heterocycles. The zero-order valence-corrected chi connectivity index (χ0v) is 17.5. The van der Waals surface area contributed by atoms with Crippen LogP contribution in [0.5, 0.6) is 17.4 Å². The van der Waals surface area contributed by atoms with E-state index >= 15 is 0 Å². The molecular formula is C21H16Cl2N4O3. The third-order valence-electron chi connectivity index (χ3n) is 4.89. The predicted molar refractivity (Wildman–Crippen MR) is 113 cm³/mol. The van der Waals surface area contributed by atoms with Gasteiger partial charge in [0.2, 0.25) is 11.8 Å². The molecule has 2 heterocycles. The molecule has 0 saturated carbocycles. The smallest absolute Gasteiger partial charge is 0.244 e. The molecule has 7 nitrogen and oxygen atoms in total. The Morgan fingerprint density at radius 3 is 2.60 bits per heavy atom. The van der Waals surface area contributed by atoms with Crippen LogP contribution in [0.3, 0.4) is 0 Å². The first-order chi connectivity index (χ1) is 14.5. The van der Waals surface area contributed by atoms with E-state index in [1.54, 1.807) is 44.6 Å². The van der Waals surface area contributed by atoms with Gasteiger partial charge in [0.1, 0.15) is 23.1 Å². The minimum Gasteiger partial charge on any atom is -0.497 e. The summed E-state index contributed by atoms with van der Waals surface area (Å²) in [6.07, 6.45) is 0. The molecule has 3 N–H and O–H groups in total. The minimum absolute atomic E-state index is 0.0169. The van der Waals surface area contributed by atoms with Gasteiger partial charge < -0.3 is 19.9 Å². The van der Waals surface area contributed by atoms with Gasteiger partial charge in [-0.25, -0.2) is 0 Å². The first-order valence-electron chi connectivity index (χ1n) is 8.81. The van der Waals surface area contributed by atoms with Crippen LogP contribution in [0.4, 0.5) is 0 Å². The highest BCUT2D eigenvalue weighted by Gasteiger charge is 2.36. The summed E-state index contributed by atoms with van der Waals surface area (Å²) in [6.45, 7) is 0. The van der Waals surface area contributed by atoms with Gasteiger partial charge in [-0.3, -0.25) is 5.10 Å². The van der Waals surface area contributed by atoms with E-state index in [1.165, 1.54) is 0 Å². The van der Waals surface area contributed by atoms with E-state index in [-0.39, 0.29) is 17.3 Å². The monoisotopic (exact) mass is 442 g/mol. The molecule has 0 aliphatic carbocycles. The second-order valence-corrected chi connectivity index (χ2v) is 7.30. The maximum Gasteiger partial charge on any atom is 0.244 e. The number of nitrogens with one attached hydrogen (secondary N) is 1. The van der Waals surface area contributed by atoms with Crippen molar-refractivity contribution in [2.45, 2.75) is 5.92 Å². The summed E-state index contributed by atoms with van der Waals surface area (Å²) in [6, 6.07) is 12.7. The average molecular weight is 443 g/mol. The summed E-state index contributed by atoms with van der Waals surface area (Å²) in [7, 11) is 3.15. The standard InChI is InChI=1S/C21H16Cl2N4O3/c1-28-11-4-6-16(29-2)12(8-11)19-18-17(10-3-5-14(22)15(23)7-10)13(9-24)20(25)30-21(18)27-26-19/h3-8,17H,25H2,1-2H3,(H,26,27)/t17-/m0/s1. The van der Waals surface area contributed by atoms with Crippen LogP contribution in [0, 0.1) is 11.3 Å². The summed E-state index contributed by atoms with van der Waals surface area (Å²) in [5.41, 5.74) is 8.92. The fourth-order valence-corrected chi connectivity index (χ4v) is 3.79. The summed E-state index contributed by atoms with van der Waals surface area (Å²) in [5.74, 6) is 0.904. The van der Waals surface area contributed by atoms with Crippen LogP contribution in [-0.4, -0.2) is 24.4 Å². The lowest BCUT2D eigenvalue weighted by Crippen LogP contribution is -2.21. The number of aromatic nitrogens is 2. The second-order valence-electron chi connectivity index (χ2n) is 6.48. The molecule has 9 heteroatoms. The molecule has 0 radical (unpaired) electrons. The van der Waals surface area contributed by atoms with Gasteiger partial charge >= 0.3 is 0 Å². The predicted octanol–water partition coefficient (Wildman–Crippen LogP) is 4.62. The normalized spacial score (nSPS) is 15.2. The SMILES string of the molecule is COc1ccc(OC)c(-c2[nH]nc3c2[C@@H](c2ccc(Cl)c(Cl)c2)C(C#N)=C(N)O3)c1. The Morgan fingerprint density at radius 1 is 1.13 bits per heavy atom. The van der Waals surface area contributed by atoms with Crippen LogP contribution in [0.2, 0.25) is 10.0 Å². The highest BCUT2D eigenvalue weighted by atomic mass is 35.5. The molecule has 0 bridgehead atoms. The molecule has 1 atom stereocenters. The Labute approximate surface area is 182 Å². The van der Waals surface area contributed by atoms with Crippen LogP contribution in [0.15, 0.2) is 47.9 Å². The molecule has 0 amide bonds. The number of benzene rings is 2. The molecule has 152 valence electrons. The number of aromatic amines is 1. The molecule has 30 heavy (non-hydrogen) atoms. The highest BCUT2D eigenvalue weighted by molar-refractivity contribution is 6.42. The molecule has 2 aromatic carbocycles. The summed E-state index contributed by atoms with van der Waals surface area (Å²) < 4.78 is 16.5. The quantitative estimate of drug-likeness (QED) is 0.610. The van der Waals surface area contributed by atoms with Gasteiger partial charge in [0.15, 0.2) is 0 Å². The van der Waals surface area contributed by atoms with E-state index in [9.17, 15) is 5.26 Å². The Bertz CT molecular complexity index is 1210. The number of nitriles is 1. The second kappa shape index (κ2) is 7.82. The molecule has 0 unspecified atom stereocenters. The molecular weight excluding hydrogens is 427 g/mol. The van der Waals surface area contributed by atoms with Crippen molar-refractivity contribution in [3.8, 4) is 34.7 Å². The topological polar surface area (TPSA) is 106 Å². The summed E-state index contributed by atoms with van der Waals surface area (Å²) in [5, 5.41) is 17.9. The lowest BCUT2D eigenvalue weighted by molar-refractivity contribution is 0.379. The van der Waals surface area contributed by atoms with E-state index in [0.29, 0.717) is 38.4 Å². The number of nitrogens with zero attached hydrogens (tertiary/aromatic N) is 2. The Kier molecular flexibility index (Phi) is 5.20. The summed E-state index contributed by atoms with van der Waals surface area (Å²) in [4.78, 5) is 0. The van der Waals surface area contributed by atoms with Gasteiger partial charge in [0, 0.05) is 5.56 Å². The largest absolute Gasteiger partial charge is 0.497 e. The fraction of sp³-hybridized carbons (Fsp3) is 0.143. The van der Waals surface area contributed by atoms with E-state index in [1.807, 2.05) is 6.07 Å². The minimum atomic E-state index is -0.571. The molecule has 1 aliphatic rings. The number of H-pyrrole nitrogens is 1. The average Bonchev–Trinajstić information content (AvgIpc) is 3.17. The van der Waals surface area contributed by atoms with Crippen LogP contribution in [-0.2, 0) is 0 Å². The van der Waals surface area contributed by atoms with Crippen LogP contribution in [0.1, 0.15) is 17.0 Å². The number of hydrogen-bond acceptors (Lipinski definition) is 6. The molecule has 0 saturated heterocycles. The molecule has 0 fully saturated rings. The number of nitrogens with two attached hydrogens (primary N) is 1. The van der Waals surface area contributed by atoms with Crippen molar-refractivity contribution in [3.63, 3.8) is 0 Å². The van der Waals surface area contributed by atoms with E-state index < -0.39 is 5.92 Å². The third kappa shape index (κ3) is 3.20. The fourth-order valence-electron chi connectivity index (χ4n) is 3.49. The third-order valence-corrected chi connectivity index (χ3v) is 5.63. The van der Waals surface area contributed by atoms with Crippen molar-refractivity contribution in [2.75, 3.05) is 14.2 Å². The maximum atomic E-state index is 9.82. The van der Waals surface area contributed by atoms with Gasteiger partial charge in [-0.2, -0.15) is 5.26 Å². The number of allylic oxidation sites excluding steroid dienone is 1. The molecule has 3 aromatic rings. The summed E-state index contributed by atoms with van der Waals surface area (Å²) >= 11 is 12.3. The zero-order chi connectivity index (χ0) is 21.4. The molecule has 0 spiro atoms. The number of ether oxygens (including phenoxy) is 3. The Hall–Kier alpha value is -3.34. The number of fused-ring (bicyclic) bond motifs is 1. The van der Waals surface area contributed by atoms with Crippen molar-refractivity contribution in [1.29, 1.82) is 5.26 Å². The first kappa shape index (κ1) is 20.0. The zero-order valence-electron chi connectivity index (χ0n) is 16.0. The number of hydrogen-bond donors (Lipinski definition) is 2. The van der Waals surface area contributed by atoms with Gasteiger partial charge in [-0.05, 0) is 35.9 Å². The first-order valence-corrected chi connectivity index (χ1v) is 9.57. The Morgan fingerprint density at radius 2 is 1.93 bits per heavy atom. The van der Waals surface area contributed by atoms with Gasteiger partial charge in [0.05, 0.1) is 41.4 Å². The Balaban J connectivity index is 1.98. The van der Waals surface area contributed by atoms with Crippen LogP contribution >= 0.6 is 23.2 Å². The van der Waals surface area contributed by atoms with Gasteiger partial charge in [-0.1, -0.05) is 29.3 Å². The van der Waals surface area contributed by atoms with Crippen molar-refractivity contribution in [3.05, 3.63) is 69.0 Å². The lowest BCUT2D eigenvalue weighted by Gasteiger charge is -2.24. The van der Waals surface area contributed by atoms with E-state index in [0.717, 1.165) is 5.56 Å². The van der Waals surface area contributed by atoms with Crippen molar-refractivity contribution >= 4 is 23.2 Å². The highest BCUT2D eigenvalue weighted by Crippen LogP contribution is 2.48. The number of halogens is 2. The van der Waals surface area contributed by atoms with Gasteiger partial charge in [-0.15, -0.1) is 5.10 Å². The molecule has 1 aromatic heterocycles. The van der Waals surface area contributed by atoms with Crippen molar-refractivity contribution in [2.24, 2.45) is 5.73 Å². The van der Waals surface area contributed by atoms with Crippen molar-refractivity contribution < 1.29 is 14.2 Å².